The Labute approximate surface area is 812 Å². The maximum Gasteiger partial charge on any atom is 0.143 e. The van der Waals surface area contributed by atoms with Crippen molar-refractivity contribution < 1.29 is 13.3 Å². The molecule has 0 saturated heterocycles. The van der Waals surface area contributed by atoms with Gasteiger partial charge in [-0.2, -0.15) is 0 Å². The molecule has 0 amide bonds. The summed E-state index contributed by atoms with van der Waals surface area (Å²) in [6, 6.07) is 184. The fourth-order valence-corrected chi connectivity index (χ4v) is 23.5. The zero-order valence-corrected chi connectivity index (χ0v) is 76.7. The monoisotopic (exact) mass is 1790 g/mol. The third-order valence-corrected chi connectivity index (χ3v) is 29.5. The number of para-hydroxylation sites is 3. The lowest BCUT2D eigenvalue weighted by molar-refractivity contribution is 0.669. The largest absolute Gasteiger partial charge is 0.456 e. The Balaban J connectivity index is 0.000000104. The van der Waals surface area contributed by atoms with E-state index in [1.807, 2.05) is 0 Å². The molecule has 0 N–H and O–H groups in total. The van der Waals surface area contributed by atoms with E-state index in [0.717, 1.165) is 93.6 Å². The van der Waals surface area contributed by atoms with Crippen LogP contribution in [0.3, 0.4) is 0 Å². The van der Waals surface area contributed by atoms with E-state index in [1.54, 1.807) is 0 Å². The molecule has 141 heavy (non-hydrogen) atoms. The maximum absolute atomic E-state index is 6.71. The van der Waals surface area contributed by atoms with Gasteiger partial charge >= 0.3 is 0 Å². The van der Waals surface area contributed by atoms with Crippen molar-refractivity contribution in [2.24, 2.45) is 0 Å². The van der Waals surface area contributed by atoms with Gasteiger partial charge in [0.1, 0.15) is 33.5 Å². The van der Waals surface area contributed by atoms with E-state index < -0.39 is 0 Å². The van der Waals surface area contributed by atoms with Crippen LogP contribution in [0.2, 0.25) is 0 Å². The number of furan rings is 3. The summed E-state index contributed by atoms with van der Waals surface area (Å²) in [6.07, 6.45) is 0. The van der Waals surface area contributed by atoms with Crippen molar-refractivity contribution in [2.45, 2.75) is 0 Å². The van der Waals surface area contributed by atoms with Crippen LogP contribution in [0.5, 0.6) is 0 Å². The minimum atomic E-state index is 0.902. The fraction of sp³-hybridized carbons (Fsp3) is 0. The summed E-state index contributed by atoms with van der Waals surface area (Å²) in [5.74, 6) is 0. The number of hydrogen-bond donors (Lipinski definition) is 0. The van der Waals surface area contributed by atoms with Gasteiger partial charge in [0.25, 0.3) is 0 Å². The Kier molecular flexibility index (Phi) is 19.0. The molecule has 3 heterocycles. The standard InChI is InChI=1S/3C46H28O/c1-2-14-29(15-3-1)32-24-12-26-40-45-39(25-13-27-42(45)47-46(32)40)43-35-20-8-10-22-37(35)44(38-23-11-9-21-36(38)43)41-28-30-16-4-5-17-31(30)33-18-6-7-19-34(33)41;1-2-14-29(15-3-1)31-27-41(46-39-24-12-13-25-42(39)47-43(46)28-31)45-37-22-10-8-20-35(37)44(36-21-9-11-23-38(36)45)40-26-30-16-4-5-17-32(30)33-18-6-7-19-34(33)40;1-2-14-29(15-3-1)32-26-27-40(45-39-24-12-13-25-42(39)47-46(32)45)43-35-20-8-10-22-37(35)44(38-23-11-9-21-36(38)43)41-28-30-16-4-5-17-31(30)33-18-6-7-19-34(33)41/h3*1-28H. The third kappa shape index (κ3) is 13.0. The van der Waals surface area contributed by atoms with Crippen LogP contribution < -0.4 is 0 Å². The molecule has 0 spiro atoms. The van der Waals surface area contributed by atoms with Crippen LogP contribution in [0.25, 0.3) is 295 Å². The maximum atomic E-state index is 6.71. The highest BCUT2D eigenvalue weighted by Gasteiger charge is 2.29. The molecule has 0 fully saturated rings. The van der Waals surface area contributed by atoms with E-state index in [9.17, 15) is 0 Å². The van der Waals surface area contributed by atoms with Crippen LogP contribution >= 0.6 is 0 Å². The topological polar surface area (TPSA) is 39.4 Å². The normalized spacial score (nSPS) is 11.8. The first-order valence-electron chi connectivity index (χ1n) is 48.6. The molecule has 0 aliphatic rings. The summed E-state index contributed by atoms with van der Waals surface area (Å²) >= 11 is 0. The van der Waals surface area contributed by atoms with Crippen LogP contribution in [0.15, 0.2) is 523 Å². The molecule has 3 heteroatoms. The SMILES string of the molecule is c1ccc(-c2cc(-c3c4ccccc4c(-c4cc5ccccc5c5ccccc45)c4ccccc34)c3c(c2)oc2ccccc23)cc1.c1ccc(-c2ccc(-c3c4ccccc4c(-c4cc5ccccc5c5ccccc45)c4ccccc34)c3c2oc2ccccc23)cc1.c1ccc(-c2cccc3c2oc2cccc(-c4c5ccccc5c(-c5cc6ccccc6c6ccccc56)c5ccccc45)c23)cc1. The Hall–Kier alpha value is -18.5. The van der Waals surface area contributed by atoms with E-state index in [1.165, 1.54) is 202 Å². The average molecular weight is 1790 g/mol. The minimum Gasteiger partial charge on any atom is -0.456 e. The van der Waals surface area contributed by atoms with Gasteiger partial charge in [-0.25, -0.2) is 0 Å². The molecule has 3 aromatic heterocycles. The van der Waals surface area contributed by atoms with E-state index in [-0.39, 0.29) is 0 Å². The zero-order valence-electron chi connectivity index (χ0n) is 76.7. The van der Waals surface area contributed by atoms with Gasteiger partial charge in [0.05, 0.1) is 0 Å². The van der Waals surface area contributed by atoms with Crippen LogP contribution in [0.4, 0.5) is 0 Å². The summed E-state index contributed by atoms with van der Waals surface area (Å²) in [7, 11) is 0. The second kappa shape index (κ2) is 33.2. The first-order valence-corrected chi connectivity index (χ1v) is 48.6. The van der Waals surface area contributed by atoms with Crippen molar-refractivity contribution >= 4 is 195 Å². The van der Waals surface area contributed by atoms with Gasteiger partial charge in [-0.05, 0) is 273 Å². The van der Waals surface area contributed by atoms with E-state index in [4.69, 9.17) is 13.3 Å². The first kappa shape index (κ1) is 80.9. The molecule has 0 saturated carbocycles. The molecule has 654 valence electrons. The number of rotatable bonds is 9. The highest BCUT2D eigenvalue weighted by Crippen LogP contribution is 2.56. The Morgan fingerprint density at radius 1 is 0.106 bits per heavy atom. The molecular formula is C138H84O3. The Bertz CT molecular complexity index is 10200. The number of fused-ring (bicyclic) bond motifs is 24. The molecule has 30 rings (SSSR count). The summed E-state index contributed by atoms with van der Waals surface area (Å²) in [6.45, 7) is 0. The molecule has 0 unspecified atom stereocenters. The van der Waals surface area contributed by atoms with Gasteiger partial charge in [0.15, 0.2) is 0 Å². The van der Waals surface area contributed by atoms with Gasteiger partial charge < -0.3 is 13.3 Å². The molecule has 0 radical (unpaired) electrons. The second-order valence-corrected chi connectivity index (χ2v) is 37.1. The second-order valence-electron chi connectivity index (χ2n) is 37.1. The van der Waals surface area contributed by atoms with Crippen molar-refractivity contribution in [1.29, 1.82) is 0 Å². The number of hydrogen-bond acceptors (Lipinski definition) is 3. The van der Waals surface area contributed by atoms with Crippen molar-refractivity contribution in [2.75, 3.05) is 0 Å². The Morgan fingerprint density at radius 2 is 0.362 bits per heavy atom. The van der Waals surface area contributed by atoms with E-state index >= 15 is 0 Å². The predicted molar refractivity (Wildman–Crippen MR) is 600 cm³/mol. The molecule has 27 aromatic carbocycles. The first-order chi connectivity index (χ1) is 70.0. The van der Waals surface area contributed by atoms with E-state index in [0.29, 0.717) is 0 Å². The summed E-state index contributed by atoms with van der Waals surface area (Å²) in [5.41, 5.74) is 27.2. The minimum absolute atomic E-state index is 0.902. The summed E-state index contributed by atoms with van der Waals surface area (Å²) in [4.78, 5) is 0. The van der Waals surface area contributed by atoms with Crippen LogP contribution in [0, 0.1) is 0 Å². The van der Waals surface area contributed by atoms with Gasteiger partial charge in [0, 0.05) is 43.4 Å². The van der Waals surface area contributed by atoms with Crippen molar-refractivity contribution in [3.63, 3.8) is 0 Å². The van der Waals surface area contributed by atoms with Crippen LogP contribution in [-0.4, -0.2) is 0 Å². The lowest BCUT2D eigenvalue weighted by atomic mass is 9.82. The smallest absolute Gasteiger partial charge is 0.143 e. The molecule has 0 atom stereocenters. The van der Waals surface area contributed by atoms with Gasteiger partial charge in [-0.15, -0.1) is 0 Å². The number of benzene rings is 27. The summed E-state index contributed by atoms with van der Waals surface area (Å²) < 4.78 is 20.0. The molecule has 30 aromatic rings. The third-order valence-electron chi connectivity index (χ3n) is 29.5. The lowest BCUT2D eigenvalue weighted by Crippen LogP contribution is -1.93. The zero-order chi connectivity index (χ0) is 92.7. The highest BCUT2D eigenvalue weighted by molar-refractivity contribution is 6.34. The van der Waals surface area contributed by atoms with Crippen LogP contribution in [0.1, 0.15) is 0 Å². The van der Waals surface area contributed by atoms with Crippen molar-refractivity contribution in [1.82, 2.24) is 0 Å². The molecular weight excluding hydrogens is 1710 g/mol. The molecule has 0 bridgehead atoms. The van der Waals surface area contributed by atoms with Gasteiger partial charge in [-0.1, -0.05) is 455 Å². The quantitative estimate of drug-likeness (QED) is 0.107. The van der Waals surface area contributed by atoms with Gasteiger partial charge in [0.2, 0.25) is 0 Å². The molecule has 3 nitrogen and oxygen atoms in total. The summed E-state index contributed by atoms with van der Waals surface area (Å²) in [5, 5.41) is 37.0. The van der Waals surface area contributed by atoms with Crippen molar-refractivity contribution in [3.05, 3.63) is 510 Å². The fourth-order valence-electron chi connectivity index (χ4n) is 23.5. The lowest BCUT2D eigenvalue weighted by Gasteiger charge is -2.20. The average Bonchev–Trinajstić information content (AvgIpc) is 1.68. The molecule has 0 aliphatic heterocycles. The van der Waals surface area contributed by atoms with E-state index in [2.05, 4.69) is 510 Å². The van der Waals surface area contributed by atoms with Gasteiger partial charge in [-0.3, -0.25) is 0 Å². The Morgan fingerprint density at radius 3 is 0.766 bits per heavy atom. The highest BCUT2D eigenvalue weighted by atomic mass is 16.3. The van der Waals surface area contributed by atoms with Crippen molar-refractivity contribution in [3.8, 4) is 100 Å². The predicted octanol–water partition coefficient (Wildman–Crippen LogP) is 39.6. The van der Waals surface area contributed by atoms with Crippen LogP contribution in [-0.2, 0) is 0 Å². The molecule has 0 aliphatic carbocycles.